The van der Waals surface area contributed by atoms with E-state index in [1.165, 1.54) is 105 Å². The summed E-state index contributed by atoms with van der Waals surface area (Å²) < 4.78 is 2.42. The highest BCUT2D eigenvalue weighted by atomic mass is 15.0. The van der Waals surface area contributed by atoms with E-state index in [4.69, 9.17) is 0 Å². The third-order valence-corrected chi connectivity index (χ3v) is 12.4. The molecule has 1 aliphatic rings. The third-order valence-electron chi connectivity index (χ3n) is 12.4. The van der Waals surface area contributed by atoms with Crippen LogP contribution in [0, 0.1) is 13.8 Å². The first-order chi connectivity index (χ1) is 28.6. The number of para-hydroxylation sites is 1. The number of aryl methyl sites for hydroxylation is 2. The van der Waals surface area contributed by atoms with Crippen LogP contribution in [0.1, 0.15) is 33.7 Å². The van der Waals surface area contributed by atoms with Gasteiger partial charge in [-0.3, -0.25) is 0 Å². The van der Waals surface area contributed by atoms with Gasteiger partial charge in [0, 0.05) is 22.4 Å². The smallest absolute Gasteiger partial charge is 0.0547 e. The summed E-state index contributed by atoms with van der Waals surface area (Å²) in [5, 5.41) is 2.54. The fraction of sp³-hybridized carbons (Fsp3) is 0.0526. The standard InChI is InChI=1S/C57H41N/c1-37-12-3-5-16-47(37)44-28-32-50-49-18-7-8-20-53(49)57(54(50)35-44)41-24-22-39(23-25-41)42-14-11-15-43(34-42)40-26-30-46(31-27-40)58-55-21-10-9-19-51(55)52-33-29-45(36-56(52)58)48-17-6-4-13-38(48)2/h3-36,57H,1-2H3. The number of benzene rings is 9. The number of fused-ring (bicyclic) bond motifs is 6. The van der Waals surface area contributed by atoms with Gasteiger partial charge in [0.15, 0.2) is 0 Å². The summed E-state index contributed by atoms with van der Waals surface area (Å²) in [5.74, 6) is 0.192. The van der Waals surface area contributed by atoms with E-state index in [0.717, 1.165) is 5.69 Å². The number of aromatic nitrogens is 1. The van der Waals surface area contributed by atoms with Crippen molar-refractivity contribution < 1.29 is 0 Å². The topological polar surface area (TPSA) is 4.93 Å². The fourth-order valence-electron chi connectivity index (χ4n) is 9.49. The van der Waals surface area contributed by atoms with Crippen LogP contribution >= 0.6 is 0 Å². The molecule has 1 aliphatic carbocycles. The summed E-state index contributed by atoms with van der Waals surface area (Å²) in [5.41, 5.74) is 22.9. The van der Waals surface area contributed by atoms with Gasteiger partial charge in [0.25, 0.3) is 0 Å². The molecule has 1 atom stereocenters. The maximum Gasteiger partial charge on any atom is 0.0547 e. The predicted molar refractivity (Wildman–Crippen MR) is 245 cm³/mol. The van der Waals surface area contributed by atoms with E-state index in [1.807, 2.05) is 0 Å². The lowest BCUT2D eigenvalue weighted by molar-refractivity contribution is 1.02. The SMILES string of the molecule is Cc1ccccc1-c1ccc2c(c1)C(c1ccc(-c3cccc(-c4ccc(-n5c6ccccc6c6ccc(-c7ccccc7C)cc65)cc4)c3)cc1)c1ccccc1-2. The van der Waals surface area contributed by atoms with E-state index in [-0.39, 0.29) is 5.92 Å². The molecule has 11 rings (SSSR count). The summed E-state index contributed by atoms with van der Waals surface area (Å²) in [6.45, 7) is 4.39. The van der Waals surface area contributed by atoms with Gasteiger partial charge >= 0.3 is 0 Å². The molecule has 0 saturated carbocycles. The Labute approximate surface area is 340 Å². The Morgan fingerprint density at radius 2 is 0.862 bits per heavy atom. The van der Waals surface area contributed by atoms with Crippen molar-refractivity contribution in [2.45, 2.75) is 19.8 Å². The summed E-state index contributed by atoms with van der Waals surface area (Å²) >= 11 is 0. The monoisotopic (exact) mass is 739 g/mol. The number of nitrogens with zero attached hydrogens (tertiary/aromatic N) is 1. The van der Waals surface area contributed by atoms with E-state index in [1.54, 1.807) is 0 Å². The minimum atomic E-state index is 0.192. The van der Waals surface area contributed by atoms with Crippen LogP contribution < -0.4 is 0 Å². The molecular weight excluding hydrogens is 699 g/mol. The lowest BCUT2D eigenvalue weighted by Gasteiger charge is -2.17. The van der Waals surface area contributed by atoms with E-state index in [2.05, 4.69) is 225 Å². The Kier molecular flexibility index (Phi) is 8.08. The van der Waals surface area contributed by atoms with E-state index < -0.39 is 0 Å². The molecule has 10 aromatic rings. The first kappa shape index (κ1) is 34.1. The summed E-state index contributed by atoms with van der Waals surface area (Å²) in [6.07, 6.45) is 0. The highest BCUT2D eigenvalue weighted by molar-refractivity contribution is 6.10. The van der Waals surface area contributed by atoms with Crippen LogP contribution in [0.2, 0.25) is 0 Å². The maximum absolute atomic E-state index is 2.43. The van der Waals surface area contributed by atoms with Gasteiger partial charge in [0.2, 0.25) is 0 Å². The predicted octanol–water partition coefficient (Wildman–Crippen LogP) is 15.2. The molecule has 58 heavy (non-hydrogen) atoms. The molecule has 0 saturated heterocycles. The average Bonchev–Trinajstić information content (AvgIpc) is 3.79. The molecule has 0 spiro atoms. The molecule has 0 aliphatic heterocycles. The normalized spacial score (nSPS) is 13.2. The Balaban J connectivity index is 0.918. The summed E-state index contributed by atoms with van der Waals surface area (Å²) in [4.78, 5) is 0. The lowest BCUT2D eigenvalue weighted by Crippen LogP contribution is -1.99. The van der Waals surface area contributed by atoms with Crippen molar-refractivity contribution >= 4 is 21.8 Å². The summed E-state index contributed by atoms with van der Waals surface area (Å²) in [7, 11) is 0. The van der Waals surface area contributed by atoms with Gasteiger partial charge < -0.3 is 4.57 Å². The second-order valence-corrected chi connectivity index (χ2v) is 15.8. The molecule has 1 unspecified atom stereocenters. The van der Waals surface area contributed by atoms with Gasteiger partial charge in [-0.1, -0.05) is 170 Å². The summed E-state index contributed by atoms with van der Waals surface area (Å²) in [6, 6.07) is 76.3. The molecule has 0 amide bonds. The second-order valence-electron chi connectivity index (χ2n) is 15.8. The molecule has 0 fully saturated rings. The van der Waals surface area contributed by atoms with Crippen LogP contribution in [0.3, 0.4) is 0 Å². The van der Waals surface area contributed by atoms with Gasteiger partial charge in [-0.25, -0.2) is 0 Å². The zero-order valence-electron chi connectivity index (χ0n) is 32.7. The van der Waals surface area contributed by atoms with Crippen LogP contribution in [0.15, 0.2) is 206 Å². The molecule has 1 aromatic heterocycles. The zero-order valence-corrected chi connectivity index (χ0v) is 32.7. The van der Waals surface area contributed by atoms with Crippen molar-refractivity contribution in [2.24, 2.45) is 0 Å². The Hall–Kier alpha value is -7.22. The number of hydrogen-bond acceptors (Lipinski definition) is 0. The molecule has 274 valence electrons. The Bertz CT molecular complexity index is 3180. The minimum Gasteiger partial charge on any atom is -0.309 e. The van der Waals surface area contributed by atoms with Gasteiger partial charge in [-0.2, -0.15) is 0 Å². The highest BCUT2D eigenvalue weighted by Crippen LogP contribution is 2.49. The maximum atomic E-state index is 2.43. The molecular formula is C57H41N. The van der Waals surface area contributed by atoms with Crippen LogP contribution in [-0.2, 0) is 0 Å². The zero-order chi connectivity index (χ0) is 38.7. The van der Waals surface area contributed by atoms with Crippen molar-refractivity contribution in [3.05, 3.63) is 234 Å². The van der Waals surface area contributed by atoms with Gasteiger partial charge in [-0.15, -0.1) is 0 Å². The Morgan fingerprint density at radius 3 is 1.57 bits per heavy atom. The second kappa shape index (κ2) is 13.8. The third kappa shape index (κ3) is 5.62. The van der Waals surface area contributed by atoms with Crippen molar-refractivity contribution in [1.82, 2.24) is 4.57 Å². The van der Waals surface area contributed by atoms with E-state index >= 15 is 0 Å². The quantitative estimate of drug-likeness (QED) is 0.160. The molecule has 0 radical (unpaired) electrons. The van der Waals surface area contributed by atoms with Gasteiger partial charge in [0.05, 0.1) is 11.0 Å². The fourth-order valence-corrected chi connectivity index (χ4v) is 9.49. The van der Waals surface area contributed by atoms with Crippen LogP contribution in [0.25, 0.3) is 83.1 Å². The number of rotatable bonds is 6. The first-order valence-electron chi connectivity index (χ1n) is 20.3. The lowest BCUT2D eigenvalue weighted by atomic mass is 9.87. The molecule has 0 bridgehead atoms. The van der Waals surface area contributed by atoms with Crippen molar-refractivity contribution in [2.75, 3.05) is 0 Å². The van der Waals surface area contributed by atoms with Crippen molar-refractivity contribution in [3.63, 3.8) is 0 Å². The van der Waals surface area contributed by atoms with E-state index in [9.17, 15) is 0 Å². The minimum absolute atomic E-state index is 0.192. The van der Waals surface area contributed by atoms with Crippen LogP contribution in [0.4, 0.5) is 0 Å². The van der Waals surface area contributed by atoms with Gasteiger partial charge in [0.1, 0.15) is 0 Å². The van der Waals surface area contributed by atoms with E-state index in [0.29, 0.717) is 0 Å². The van der Waals surface area contributed by atoms with Crippen molar-refractivity contribution in [3.8, 4) is 61.3 Å². The highest BCUT2D eigenvalue weighted by Gasteiger charge is 2.30. The Morgan fingerprint density at radius 1 is 0.328 bits per heavy atom. The van der Waals surface area contributed by atoms with Crippen molar-refractivity contribution in [1.29, 1.82) is 0 Å². The molecule has 1 heteroatoms. The first-order valence-corrected chi connectivity index (χ1v) is 20.3. The molecule has 0 N–H and O–H groups in total. The largest absolute Gasteiger partial charge is 0.309 e. The average molecular weight is 740 g/mol. The van der Waals surface area contributed by atoms with Crippen LogP contribution in [-0.4, -0.2) is 4.57 Å². The van der Waals surface area contributed by atoms with Gasteiger partial charge in [-0.05, 0) is 134 Å². The molecule has 1 heterocycles. The molecule has 9 aromatic carbocycles. The van der Waals surface area contributed by atoms with Crippen LogP contribution in [0.5, 0.6) is 0 Å². The molecule has 1 nitrogen and oxygen atoms in total. The number of hydrogen-bond donors (Lipinski definition) is 0.